The van der Waals surface area contributed by atoms with E-state index in [0.29, 0.717) is 19.8 Å². The molecule has 0 aliphatic heterocycles. The van der Waals surface area contributed by atoms with Crippen molar-refractivity contribution in [1.29, 1.82) is 0 Å². The number of alkyl carbamates (subject to hydrolysis) is 1. The summed E-state index contributed by atoms with van der Waals surface area (Å²) in [5, 5.41) is 25.7. The summed E-state index contributed by atoms with van der Waals surface area (Å²) in [5.41, 5.74) is -1.24. The van der Waals surface area contributed by atoms with Gasteiger partial charge in [0.15, 0.2) is 17.3 Å². The number of benzene rings is 1. The van der Waals surface area contributed by atoms with Gasteiger partial charge in [-0.05, 0) is 32.9 Å². The van der Waals surface area contributed by atoms with E-state index in [0.717, 1.165) is 12.2 Å². The Morgan fingerprint density at radius 3 is 2.03 bits per heavy atom. The first-order chi connectivity index (χ1) is 15.0. The molecule has 0 heterocycles. The Morgan fingerprint density at radius 1 is 0.938 bits per heavy atom. The number of carbonyl (C=O) groups excluding carboxylic acids is 3. The summed E-state index contributed by atoms with van der Waals surface area (Å²) in [4.78, 5) is 35.4. The topological polar surface area (TPSA) is 143 Å². The van der Waals surface area contributed by atoms with Crippen molar-refractivity contribution in [3.63, 3.8) is 0 Å². The molecule has 0 spiro atoms. The lowest BCUT2D eigenvalue weighted by atomic mass is 9.92. The van der Waals surface area contributed by atoms with E-state index in [1.807, 2.05) is 0 Å². The van der Waals surface area contributed by atoms with Crippen LogP contribution in [0.4, 0.5) is 10.5 Å². The van der Waals surface area contributed by atoms with E-state index in [2.05, 4.69) is 10.6 Å². The van der Waals surface area contributed by atoms with Crippen LogP contribution in [0.3, 0.4) is 0 Å². The van der Waals surface area contributed by atoms with Gasteiger partial charge in [-0.15, -0.1) is 0 Å². The fourth-order valence-corrected chi connectivity index (χ4v) is 3.01. The van der Waals surface area contributed by atoms with Crippen LogP contribution in [0.5, 0.6) is 11.5 Å². The van der Waals surface area contributed by atoms with Crippen molar-refractivity contribution in [2.45, 2.75) is 26.4 Å². The van der Waals surface area contributed by atoms with Crippen LogP contribution in [0.25, 0.3) is 0 Å². The van der Waals surface area contributed by atoms with E-state index < -0.39 is 34.8 Å². The lowest BCUT2D eigenvalue weighted by Gasteiger charge is -2.19. The number of phenols is 2. The molecule has 1 aliphatic rings. The predicted octanol–water partition coefficient (Wildman–Crippen LogP) is 2.66. The van der Waals surface area contributed by atoms with E-state index in [1.54, 1.807) is 20.8 Å². The number of anilines is 1. The van der Waals surface area contributed by atoms with Gasteiger partial charge in [0.1, 0.15) is 22.1 Å². The highest BCUT2D eigenvalue weighted by atomic mass is 35.5. The first kappa shape index (κ1) is 25.4. The van der Waals surface area contributed by atoms with Gasteiger partial charge in [0.05, 0.1) is 37.6 Å². The summed E-state index contributed by atoms with van der Waals surface area (Å²) in [5.74, 6) is -2.31. The van der Waals surface area contributed by atoms with Gasteiger partial charge in [-0.2, -0.15) is 0 Å². The summed E-state index contributed by atoms with van der Waals surface area (Å²) < 4.78 is 15.8. The molecule has 0 aromatic heterocycles. The van der Waals surface area contributed by atoms with E-state index in [4.69, 9.17) is 25.8 Å². The second kappa shape index (κ2) is 11.2. The second-order valence-electron chi connectivity index (χ2n) is 7.78. The number of rotatable bonds is 10. The van der Waals surface area contributed by atoms with Crippen LogP contribution in [-0.4, -0.2) is 73.0 Å². The third-order valence-corrected chi connectivity index (χ3v) is 4.47. The van der Waals surface area contributed by atoms with Gasteiger partial charge < -0.3 is 35.1 Å². The molecule has 1 aromatic carbocycles. The summed E-state index contributed by atoms with van der Waals surface area (Å²) in [6.45, 7) is 6.89. The largest absolute Gasteiger partial charge is 0.505 e. The highest BCUT2D eigenvalue weighted by Gasteiger charge is 2.31. The van der Waals surface area contributed by atoms with Gasteiger partial charge in [-0.3, -0.25) is 9.59 Å². The molecule has 0 unspecified atom stereocenters. The summed E-state index contributed by atoms with van der Waals surface area (Å²) >= 11 is 6.06. The van der Waals surface area contributed by atoms with Crippen LogP contribution in [0.1, 0.15) is 41.5 Å². The van der Waals surface area contributed by atoms with E-state index in [-0.39, 0.29) is 41.6 Å². The fraction of sp³-hybridized carbons (Fsp3) is 0.476. The van der Waals surface area contributed by atoms with E-state index >= 15 is 0 Å². The number of aromatic hydroxyl groups is 2. The molecule has 176 valence electrons. The van der Waals surface area contributed by atoms with Crippen molar-refractivity contribution in [1.82, 2.24) is 5.32 Å². The van der Waals surface area contributed by atoms with Gasteiger partial charge in [-0.1, -0.05) is 11.6 Å². The molecule has 0 saturated heterocycles. The van der Waals surface area contributed by atoms with Crippen LogP contribution >= 0.6 is 11.6 Å². The number of hydrogen-bond donors (Lipinski definition) is 4. The molecule has 2 rings (SSSR count). The van der Waals surface area contributed by atoms with Crippen molar-refractivity contribution in [2.75, 3.05) is 44.8 Å². The molecule has 4 N–H and O–H groups in total. The zero-order valence-electron chi connectivity index (χ0n) is 18.1. The summed E-state index contributed by atoms with van der Waals surface area (Å²) in [7, 11) is 0. The zero-order valence-corrected chi connectivity index (χ0v) is 18.9. The van der Waals surface area contributed by atoms with E-state index in [1.165, 1.54) is 0 Å². The molecule has 0 saturated carbocycles. The Morgan fingerprint density at radius 2 is 1.47 bits per heavy atom. The Bertz CT molecular complexity index is 908. The van der Waals surface area contributed by atoms with Crippen molar-refractivity contribution < 1.29 is 38.8 Å². The Hall–Kier alpha value is -2.82. The van der Waals surface area contributed by atoms with Gasteiger partial charge in [-0.25, -0.2) is 4.79 Å². The van der Waals surface area contributed by atoms with Crippen molar-refractivity contribution in [3.05, 3.63) is 28.3 Å². The molecule has 0 fully saturated rings. The fourth-order valence-electron chi connectivity index (χ4n) is 2.76. The number of amides is 1. The number of halogens is 1. The van der Waals surface area contributed by atoms with Crippen molar-refractivity contribution in [3.8, 4) is 11.5 Å². The van der Waals surface area contributed by atoms with Crippen molar-refractivity contribution in [2.24, 2.45) is 0 Å². The zero-order chi connectivity index (χ0) is 23.9. The van der Waals surface area contributed by atoms with Gasteiger partial charge in [0, 0.05) is 13.1 Å². The number of carbonyl (C=O) groups is 3. The first-order valence-corrected chi connectivity index (χ1v) is 10.3. The minimum atomic E-state index is -0.620. The van der Waals surface area contributed by atoms with Crippen LogP contribution < -0.4 is 10.6 Å². The number of allylic oxidation sites excluding steroid dienone is 2. The molecule has 32 heavy (non-hydrogen) atoms. The second-order valence-corrected chi connectivity index (χ2v) is 8.16. The van der Waals surface area contributed by atoms with Gasteiger partial charge >= 0.3 is 6.09 Å². The highest BCUT2D eigenvalue weighted by molar-refractivity contribution is 6.37. The average molecular weight is 471 g/mol. The molecule has 1 aromatic rings. The lowest BCUT2D eigenvalue weighted by Crippen LogP contribution is -2.34. The standard InChI is InChI=1S/C21H27ClN2O8/c1-21(2,3)32-20(29)24-7-9-31-11-10-30-8-6-23-17-16(22)18(27)14-12(25)4-5-13(26)15(14)19(17)28/h4-5,23,27-28H,6-11H2,1-3H3,(H,24,29). The minimum absolute atomic E-state index is 0.0626. The Labute approximate surface area is 190 Å². The van der Waals surface area contributed by atoms with Crippen molar-refractivity contribution >= 4 is 34.9 Å². The number of nitrogens with one attached hydrogen (secondary N) is 2. The van der Waals surface area contributed by atoms with Crippen LogP contribution in [0.15, 0.2) is 12.2 Å². The molecule has 0 atom stereocenters. The molecule has 0 bridgehead atoms. The summed E-state index contributed by atoms with van der Waals surface area (Å²) in [6.07, 6.45) is 1.52. The van der Waals surface area contributed by atoms with Crippen LogP contribution in [-0.2, 0) is 14.2 Å². The Kier molecular flexibility index (Phi) is 8.88. The number of hydrogen-bond acceptors (Lipinski definition) is 9. The number of ether oxygens (including phenoxy) is 3. The molecule has 1 aliphatic carbocycles. The molecular formula is C21H27ClN2O8. The molecule has 11 heteroatoms. The average Bonchev–Trinajstić information content (AvgIpc) is 2.70. The summed E-state index contributed by atoms with van der Waals surface area (Å²) in [6, 6.07) is 0. The third-order valence-electron chi connectivity index (χ3n) is 4.10. The van der Waals surface area contributed by atoms with Gasteiger partial charge in [0.2, 0.25) is 0 Å². The maximum Gasteiger partial charge on any atom is 0.407 e. The number of ketones is 2. The SMILES string of the molecule is CC(C)(C)OC(=O)NCCOCCOCCNc1c(O)c2c(c(O)c1Cl)C(=O)C=CC2=O. The number of phenolic OH excluding ortho intramolecular Hbond substituents is 2. The molecule has 10 nitrogen and oxygen atoms in total. The smallest absolute Gasteiger partial charge is 0.407 e. The first-order valence-electron chi connectivity index (χ1n) is 9.93. The van der Waals surface area contributed by atoms with E-state index in [9.17, 15) is 24.6 Å². The highest BCUT2D eigenvalue weighted by Crippen LogP contribution is 2.46. The maximum atomic E-state index is 12.0. The molecular weight excluding hydrogens is 444 g/mol. The van der Waals surface area contributed by atoms with Crippen LogP contribution in [0.2, 0.25) is 5.02 Å². The number of fused-ring (bicyclic) bond motifs is 1. The lowest BCUT2D eigenvalue weighted by molar-refractivity contribution is 0.0415. The van der Waals surface area contributed by atoms with Crippen LogP contribution in [0, 0.1) is 0 Å². The normalized spacial score (nSPS) is 13.1. The third kappa shape index (κ3) is 6.84. The minimum Gasteiger partial charge on any atom is -0.505 e. The Balaban J connectivity index is 1.70. The molecule has 0 radical (unpaired) electrons. The monoisotopic (exact) mass is 470 g/mol. The molecule has 1 amide bonds. The van der Waals surface area contributed by atoms with Gasteiger partial charge in [0.25, 0.3) is 0 Å². The quantitative estimate of drug-likeness (QED) is 0.230. The maximum absolute atomic E-state index is 12.0. The predicted molar refractivity (Wildman–Crippen MR) is 117 cm³/mol.